The van der Waals surface area contributed by atoms with Gasteiger partial charge in [-0.3, -0.25) is 0 Å². The molecule has 3 N–H and O–H groups in total. The van der Waals surface area contributed by atoms with E-state index in [2.05, 4.69) is 15.0 Å². The van der Waals surface area contributed by atoms with Gasteiger partial charge in [-0.05, 0) is 24.5 Å². The van der Waals surface area contributed by atoms with Gasteiger partial charge in [-0.25, -0.2) is 31.9 Å². The van der Waals surface area contributed by atoms with Crippen LogP contribution in [0.15, 0.2) is 18.3 Å². The minimum Gasteiger partial charge on any atom is -0.351 e. The van der Waals surface area contributed by atoms with Crippen LogP contribution in [0.3, 0.4) is 0 Å². The number of nitrogens with one attached hydrogen (secondary N) is 1. The monoisotopic (exact) mass is 470 g/mol. The van der Waals surface area contributed by atoms with Crippen molar-refractivity contribution in [2.75, 3.05) is 31.9 Å². The molecule has 0 bridgehead atoms. The third-order valence-corrected chi connectivity index (χ3v) is 8.30. The number of carbonyl (C=O) groups excluding carboxylic acids is 1. The van der Waals surface area contributed by atoms with Crippen molar-refractivity contribution in [3.63, 3.8) is 0 Å². The molecule has 4 heterocycles. The minimum absolute atomic E-state index is 0.00899. The van der Waals surface area contributed by atoms with E-state index in [0.717, 1.165) is 11.9 Å². The Labute approximate surface area is 184 Å². The largest absolute Gasteiger partial charge is 0.351 e. The van der Waals surface area contributed by atoms with Crippen molar-refractivity contribution in [1.82, 2.24) is 24.2 Å². The quantitative estimate of drug-likeness (QED) is 0.691. The molecule has 4 rings (SSSR count). The summed E-state index contributed by atoms with van der Waals surface area (Å²) in [5.74, 6) is -0.0364. The zero-order valence-electron chi connectivity index (χ0n) is 17.0. The first-order valence-corrected chi connectivity index (χ1v) is 12.0. The molecule has 9 nitrogen and oxygen atoms in total. The Morgan fingerprint density at radius 3 is 2.71 bits per heavy atom. The number of aromatic amines is 1. The van der Waals surface area contributed by atoms with Crippen LogP contribution in [0.2, 0.25) is 5.15 Å². The summed E-state index contributed by atoms with van der Waals surface area (Å²) < 4.78 is 40.3. The highest BCUT2D eigenvalue weighted by molar-refractivity contribution is 7.89. The van der Waals surface area contributed by atoms with Crippen molar-refractivity contribution >= 4 is 27.7 Å². The van der Waals surface area contributed by atoms with Gasteiger partial charge >= 0.3 is 6.03 Å². The number of likely N-dealkylation sites (tertiary alicyclic amines) is 1. The highest BCUT2D eigenvalue weighted by Crippen LogP contribution is 2.37. The van der Waals surface area contributed by atoms with E-state index in [1.807, 2.05) is 6.92 Å². The highest BCUT2D eigenvalue weighted by atomic mass is 35.5. The number of pyridine rings is 1. The van der Waals surface area contributed by atoms with Crippen LogP contribution in [0, 0.1) is 17.7 Å². The number of sulfonamides is 1. The summed E-state index contributed by atoms with van der Waals surface area (Å²) in [6, 6.07) is 2.30. The standard InChI is InChI=1S/C19H24ClFN6O3S/c1-11-7-27(31(29,30)10-12-8-26(9-12)19(22)28)5-4-14(11)16-17(20)25-18(24-16)15-3-2-13(21)6-23-15/h2-3,6,11-12,14H,4-5,7-10H2,1H3,(H2,22,28)(H,24,25)/t11-,14+/m0/s1. The van der Waals surface area contributed by atoms with E-state index in [1.165, 1.54) is 21.3 Å². The number of hydrogen-bond donors (Lipinski definition) is 2. The molecule has 31 heavy (non-hydrogen) atoms. The zero-order chi connectivity index (χ0) is 22.3. The van der Waals surface area contributed by atoms with Crippen LogP contribution in [0.4, 0.5) is 9.18 Å². The van der Waals surface area contributed by atoms with Gasteiger partial charge in [0.15, 0.2) is 11.0 Å². The average Bonchev–Trinajstić information content (AvgIpc) is 3.06. The van der Waals surface area contributed by atoms with Crippen LogP contribution in [-0.2, 0) is 10.0 Å². The van der Waals surface area contributed by atoms with Gasteiger partial charge in [-0.1, -0.05) is 18.5 Å². The Morgan fingerprint density at radius 2 is 2.10 bits per heavy atom. The summed E-state index contributed by atoms with van der Waals surface area (Å²) in [4.78, 5) is 24.1. The van der Waals surface area contributed by atoms with E-state index in [4.69, 9.17) is 17.3 Å². The molecular formula is C19H24ClFN6O3S. The molecule has 168 valence electrons. The number of rotatable bonds is 5. The lowest BCUT2D eigenvalue weighted by Crippen LogP contribution is -2.55. The third-order valence-electron chi connectivity index (χ3n) is 6.00. The van der Waals surface area contributed by atoms with Crippen molar-refractivity contribution in [3.8, 4) is 11.5 Å². The summed E-state index contributed by atoms with van der Waals surface area (Å²) in [7, 11) is -3.43. The number of H-pyrrole nitrogens is 1. The Morgan fingerprint density at radius 1 is 1.35 bits per heavy atom. The molecular weight excluding hydrogens is 447 g/mol. The number of carbonyl (C=O) groups is 1. The molecule has 0 radical (unpaired) electrons. The van der Waals surface area contributed by atoms with Crippen LogP contribution in [0.1, 0.15) is 25.0 Å². The van der Waals surface area contributed by atoms with E-state index in [0.29, 0.717) is 49.3 Å². The van der Waals surface area contributed by atoms with Crippen molar-refractivity contribution in [1.29, 1.82) is 0 Å². The molecule has 2 aromatic heterocycles. The number of imidazole rings is 1. The minimum atomic E-state index is -3.43. The van der Waals surface area contributed by atoms with Crippen LogP contribution >= 0.6 is 11.6 Å². The lowest BCUT2D eigenvalue weighted by Gasteiger charge is -2.40. The summed E-state index contributed by atoms with van der Waals surface area (Å²) in [5.41, 5.74) is 6.42. The molecule has 12 heteroatoms. The first-order valence-electron chi connectivity index (χ1n) is 10.0. The summed E-state index contributed by atoms with van der Waals surface area (Å²) in [6.07, 6.45) is 1.71. The van der Waals surface area contributed by atoms with Crippen molar-refractivity contribution < 1.29 is 17.6 Å². The lowest BCUT2D eigenvalue weighted by atomic mass is 9.86. The second-order valence-electron chi connectivity index (χ2n) is 8.27. The maximum absolute atomic E-state index is 13.1. The number of amides is 2. The highest BCUT2D eigenvalue weighted by Gasteiger charge is 2.39. The summed E-state index contributed by atoms with van der Waals surface area (Å²) in [6.45, 7) is 3.49. The van der Waals surface area contributed by atoms with Crippen molar-refractivity contribution in [2.24, 2.45) is 17.6 Å². The predicted octanol–water partition coefficient (Wildman–Crippen LogP) is 2.03. The predicted molar refractivity (Wildman–Crippen MR) is 113 cm³/mol. The van der Waals surface area contributed by atoms with Crippen LogP contribution in [0.25, 0.3) is 11.5 Å². The van der Waals surface area contributed by atoms with E-state index in [-0.39, 0.29) is 23.5 Å². The fourth-order valence-electron chi connectivity index (χ4n) is 4.30. The topological polar surface area (TPSA) is 125 Å². The van der Waals surface area contributed by atoms with Crippen LogP contribution < -0.4 is 5.73 Å². The van der Waals surface area contributed by atoms with Crippen molar-refractivity contribution in [3.05, 3.63) is 35.0 Å². The second kappa shape index (κ2) is 8.36. The van der Waals surface area contributed by atoms with Gasteiger partial charge in [-0.2, -0.15) is 0 Å². The summed E-state index contributed by atoms with van der Waals surface area (Å²) >= 11 is 6.37. The lowest BCUT2D eigenvalue weighted by molar-refractivity contribution is 0.137. The number of aromatic nitrogens is 3. The van der Waals surface area contributed by atoms with E-state index >= 15 is 0 Å². The summed E-state index contributed by atoms with van der Waals surface area (Å²) in [5, 5.41) is 0.315. The zero-order valence-corrected chi connectivity index (χ0v) is 18.5. The Bertz CT molecular complexity index is 1070. The smallest absolute Gasteiger partial charge is 0.314 e. The van der Waals surface area contributed by atoms with Gasteiger partial charge in [0.05, 0.1) is 17.6 Å². The molecule has 2 amide bonds. The Hall–Kier alpha value is -2.24. The molecule has 2 saturated heterocycles. The van der Waals surface area contributed by atoms with Gasteiger partial charge in [0.2, 0.25) is 10.0 Å². The number of nitrogens with two attached hydrogens (primary N) is 1. The number of halogens is 2. The fourth-order valence-corrected chi connectivity index (χ4v) is 6.43. The first-order chi connectivity index (χ1) is 14.6. The first kappa shape index (κ1) is 22.0. The average molecular weight is 471 g/mol. The fraction of sp³-hybridized carbons (Fsp3) is 0.526. The van der Waals surface area contributed by atoms with Gasteiger partial charge in [-0.15, -0.1) is 0 Å². The third kappa shape index (κ3) is 4.53. The number of nitrogens with zero attached hydrogens (tertiary/aromatic N) is 4. The molecule has 2 aromatic rings. The maximum Gasteiger partial charge on any atom is 0.314 e. The number of primary amides is 1. The molecule has 0 saturated carbocycles. The Kier molecular flexibility index (Phi) is 5.93. The molecule has 2 aliphatic rings. The molecule has 0 unspecified atom stereocenters. The second-order valence-corrected chi connectivity index (χ2v) is 10.6. The van der Waals surface area contributed by atoms with Gasteiger partial charge < -0.3 is 15.6 Å². The van der Waals surface area contributed by atoms with Gasteiger partial charge in [0.1, 0.15) is 11.5 Å². The van der Waals surface area contributed by atoms with E-state index in [1.54, 1.807) is 0 Å². The molecule has 2 atom stereocenters. The molecule has 0 aliphatic carbocycles. The molecule has 0 aromatic carbocycles. The maximum atomic E-state index is 13.1. The van der Waals surface area contributed by atoms with Crippen LogP contribution in [-0.4, -0.2) is 70.5 Å². The van der Waals surface area contributed by atoms with Crippen molar-refractivity contribution in [2.45, 2.75) is 19.3 Å². The SMILES string of the molecule is C[C@H]1CN(S(=O)(=O)CC2CN(C(N)=O)C2)CC[C@H]1c1[nH]c(-c2ccc(F)cn2)nc1Cl. The number of hydrogen-bond acceptors (Lipinski definition) is 5. The molecule has 0 spiro atoms. The van der Waals surface area contributed by atoms with E-state index < -0.39 is 21.9 Å². The normalized spacial score (nSPS) is 23.0. The van der Waals surface area contributed by atoms with Gasteiger partial charge in [0.25, 0.3) is 0 Å². The van der Waals surface area contributed by atoms with E-state index in [9.17, 15) is 17.6 Å². The molecule has 2 fully saturated rings. The van der Waals surface area contributed by atoms with Crippen LogP contribution in [0.5, 0.6) is 0 Å². The van der Waals surface area contributed by atoms with Gasteiger partial charge in [0, 0.05) is 38.0 Å². The number of piperidine rings is 1. The Balaban J connectivity index is 1.41. The molecule has 2 aliphatic heterocycles. The number of urea groups is 1.